The lowest BCUT2D eigenvalue weighted by molar-refractivity contribution is 0.415. The number of hydrogen-bond donors (Lipinski definition) is 2. The Hall–Kier alpha value is -2.75. The molecule has 20 heavy (non-hydrogen) atoms. The third kappa shape index (κ3) is 2.23. The maximum Gasteiger partial charge on any atom is 0.119 e. The first-order valence-corrected chi connectivity index (χ1v) is 6.31. The fraction of sp³-hybridized carbons (Fsp3) is 0.0625. The predicted molar refractivity (Wildman–Crippen MR) is 80.4 cm³/mol. The van der Waals surface area contributed by atoms with Crippen LogP contribution in [-0.4, -0.2) is 17.3 Å². The number of H-pyrrole nitrogens is 1. The summed E-state index contributed by atoms with van der Waals surface area (Å²) >= 11 is 0. The van der Waals surface area contributed by atoms with Gasteiger partial charge in [-0.25, -0.2) is 0 Å². The first-order valence-electron chi connectivity index (χ1n) is 6.31. The van der Waals surface area contributed by atoms with Crippen molar-refractivity contribution >= 4 is 5.69 Å². The fourth-order valence-electron chi connectivity index (χ4n) is 2.21. The standard InChI is InChI=1S/C16H15N3O/c1-20-14-7-3-4-11(9-14)15-10-18-19-16(15)12-5-2-6-13(17)8-12/h2-10H,17H2,1H3,(H,18,19). The van der Waals surface area contributed by atoms with E-state index in [2.05, 4.69) is 10.2 Å². The van der Waals surface area contributed by atoms with Gasteiger partial charge in [-0.1, -0.05) is 24.3 Å². The van der Waals surface area contributed by atoms with Crippen molar-refractivity contribution in [2.75, 3.05) is 12.8 Å². The Bertz CT molecular complexity index is 734. The maximum atomic E-state index is 5.84. The minimum absolute atomic E-state index is 0.730. The lowest BCUT2D eigenvalue weighted by atomic mass is 10.0. The molecule has 0 saturated carbocycles. The summed E-state index contributed by atoms with van der Waals surface area (Å²) in [6.45, 7) is 0. The van der Waals surface area contributed by atoms with Gasteiger partial charge >= 0.3 is 0 Å². The van der Waals surface area contributed by atoms with Crippen molar-refractivity contribution in [3.63, 3.8) is 0 Å². The first kappa shape index (κ1) is 12.3. The average molecular weight is 265 g/mol. The van der Waals surface area contributed by atoms with Crippen LogP contribution in [0.4, 0.5) is 5.69 Å². The molecular weight excluding hydrogens is 250 g/mol. The van der Waals surface area contributed by atoms with E-state index in [9.17, 15) is 0 Å². The van der Waals surface area contributed by atoms with Crippen LogP contribution >= 0.6 is 0 Å². The molecule has 0 radical (unpaired) electrons. The topological polar surface area (TPSA) is 63.9 Å². The van der Waals surface area contributed by atoms with Crippen LogP contribution in [-0.2, 0) is 0 Å². The summed E-state index contributed by atoms with van der Waals surface area (Å²) < 4.78 is 5.27. The van der Waals surface area contributed by atoms with E-state index in [4.69, 9.17) is 10.5 Å². The molecule has 0 aliphatic carbocycles. The minimum Gasteiger partial charge on any atom is -0.497 e. The number of methoxy groups -OCH3 is 1. The SMILES string of the molecule is COc1cccc(-c2cn[nH]c2-c2cccc(N)c2)c1. The van der Waals surface area contributed by atoms with Gasteiger partial charge in [-0.15, -0.1) is 0 Å². The maximum absolute atomic E-state index is 5.84. The van der Waals surface area contributed by atoms with E-state index >= 15 is 0 Å². The summed E-state index contributed by atoms with van der Waals surface area (Å²) in [6.07, 6.45) is 1.81. The van der Waals surface area contributed by atoms with E-state index in [1.165, 1.54) is 0 Å². The molecule has 1 heterocycles. The summed E-state index contributed by atoms with van der Waals surface area (Å²) in [7, 11) is 1.66. The second kappa shape index (κ2) is 5.09. The lowest BCUT2D eigenvalue weighted by Crippen LogP contribution is -1.88. The van der Waals surface area contributed by atoms with Gasteiger partial charge in [-0.2, -0.15) is 5.10 Å². The Morgan fingerprint density at radius 3 is 2.65 bits per heavy atom. The number of ether oxygens (including phenoxy) is 1. The van der Waals surface area contributed by atoms with Gasteiger partial charge in [0.25, 0.3) is 0 Å². The van der Waals surface area contributed by atoms with Gasteiger partial charge in [0.15, 0.2) is 0 Å². The van der Waals surface area contributed by atoms with E-state index in [0.29, 0.717) is 0 Å². The summed E-state index contributed by atoms with van der Waals surface area (Å²) in [5.74, 6) is 0.822. The molecule has 3 aromatic rings. The molecule has 4 nitrogen and oxygen atoms in total. The molecule has 3 rings (SSSR count). The van der Waals surface area contributed by atoms with Crippen LogP contribution in [0.3, 0.4) is 0 Å². The van der Waals surface area contributed by atoms with Crippen molar-refractivity contribution in [2.45, 2.75) is 0 Å². The molecule has 3 N–H and O–H groups in total. The van der Waals surface area contributed by atoms with Crippen LogP contribution in [0.25, 0.3) is 22.4 Å². The summed E-state index contributed by atoms with van der Waals surface area (Å²) in [5, 5.41) is 7.19. The molecule has 0 amide bonds. The fourth-order valence-corrected chi connectivity index (χ4v) is 2.21. The van der Waals surface area contributed by atoms with Crippen molar-refractivity contribution < 1.29 is 4.74 Å². The van der Waals surface area contributed by atoms with Crippen molar-refractivity contribution in [3.05, 3.63) is 54.7 Å². The second-order valence-electron chi connectivity index (χ2n) is 4.52. The number of benzene rings is 2. The zero-order valence-electron chi connectivity index (χ0n) is 11.1. The Kier molecular flexibility index (Phi) is 3.13. The molecule has 0 unspecified atom stereocenters. The molecule has 0 saturated heterocycles. The van der Waals surface area contributed by atoms with Gasteiger partial charge in [-0.3, -0.25) is 5.10 Å². The van der Waals surface area contributed by atoms with E-state index in [1.54, 1.807) is 7.11 Å². The van der Waals surface area contributed by atoms with Crippen LogP contribution in [0.15, 0.2) is 54.7 Å². The minimum atomic E-state index is 0.730. The highest BCUT2D eigenvalue weighted by atomic mass is 16.5. The van der Waals surface area contributed by atoms with E-state index in [1.807, 2.05) is 54.7 Å². The van der Waals surface area contributed by atoms with E-state index in [-0.39, 0.29) is 0 Å². The lowest BCUT2D eigenvalue weighted by Gasteiger charge is -2.06. The summed E-state index contributed by atoms with van der Waals surface area (Å²) in [6, 6.07) is 15.6. The molecule has 100 valence electrons. The van der Waals surface area contributed by atoms with Crippen LogP contribution in [0.5, 0.6) is 5.75 Å². The molecule has 0 atom stereocenters. The van der Waals surface area contributed by atoms with Gasteiger partial charge in [-0.05, 0) is 29.8 Å². The highest BCUT2D eigenvalue weighted by Gasteiger charge is 2.10. The first-order chi connectivity index (χ1) is 9.78. The molecular formula is C16H15N3O. The van der Waals surface area contributed by atoms with Gasteiger partial charge in [0, 0.05) is 16.8 Å². The Morgan fingerprint density at radius 2 is 1.85 bits per heavy atom. The zero-order chi connectivity index (χ0) is 13.9. The smallest absolute Gasteiger partial charge is 0.119 e. The van der Waals surface area contributed by atoms with E-state index < -0.39 is 0 Å². The number of nitrogen functional groups attached to an aromatic ring is 1. The van der Waals surface area contributed by atoms with Gasteiger partial charge < -0.3 is 10.5 Å². The number of hydrogen-bond acceptors (Lipinski definition) is 3. The molecule has 0 bridgehead atoms. The number of rotatable bonds is 3. The quantitative estimate of drug-likeness (QED) is 0.714. The Morgan fingerprint density at radius 1 is 1.05 bits per heavy atom. The number of nitrogens with zero attached hydrogens (tertiary/aromatic N) is 1. The Labute approximate surface area is 117 Å². The number of nitrogens with one attached hydrogen (secondary N) is 1. The predicted octanol–water partition coefficient (Wildman–Crippen LogP) is 3.33. The third-order valence-corrected chi connectivity index (χ3v) is 3.20. The third-order valence-electron chi connectivity index (χ3n) is 3.20. The number of aromatic nitrogens is 2. The number of aromatic amines is 1. The summed E-state index contributed by atoms with van der Waals surface area (Å²) in [5.41, 5.74) is 10.6. The van der Waals surface area contributed by atoms with E-state index in [0.717, 1.165) is 33.8 Å². The monoisotopic (exact) mass is 265 g/mol. The molecule has 0 spiro atoms. The van der Waals surface area contributed by atoms with Gasteiger partial charge in [0.05, 0.1) is 19.0 Å². The molecule has 0 fully saturated rings. The average Bonchev–Trinajstić information content (AvgIpc) is 2.97. The number of anilines is 1. The zero-order valence-corrected chi connectivity index (χ0v) is 11.1. The van der Waals surface area contributed by atoms with Crippen LogP contribution in [0.2, 0.25) is 0 Å². The second-order valence-corrected chi connectivity index (χ2v) is 4.52. The molecule has 2 aromatic carbocycles. The summed E-state index contributed by atoms with van der Waals surface area (Å²) in [4.78, 5) is 0. The molecule has 1 aromatic heterocycles. The van der Waals surface area contributed by atoms with Crippen LogP contribution in [0.1, 0.15) is 0 Å². The van der Waals surface area contributed by atoms with Crippen molar-refractivity contribution in [3.8, 4) is 28.1 Å². The van der Waals surface area contributed by atoms with Gasteiger partial charge in [0.2, 0.25) is 0 Å². The molecule has 0 aliphatic rings. The number of nitrogens with two attached hydrogens (primary N) is 1. The van der Waals surface area contributed by atoms with Crippen molar-refractivity contribution in [1.82, 2.24) is 10.2 Å². The Balaban J connectivity index is 2.10. The van der Waals surface area contributed by atoms with Crippen molar-refractivity contribution in [2.24, 2.45) is 0 Å². The highest BCUT2D eigenvalue weighted by molar-refractivity contribution is 5.81. The molecule has 0 aliphatic heterocycles. The van der Waals surface area contributed by atoms with Crippen molar-refractivity contribution in [1.29, 1.82) is 0 Å². The van der Waals surface area contributed by atoms with Gasteiger partial charge in [0.1, 0.15) is 5.75 Å². The van der Waals surface area contributed by atoms with Crippen LogP contribution in [0, 0.1) is 0 Å². The molecule has 4 heteroatoms. The largest absolute Gasteiger partial charge is 0.497 e. The normalized spacial score (nSPS) is 10.4. The highest BCUT2D eigenvalue weighted by Crippen LogP contribution is 2.32. The van der Waals surface area contributed by atoms with Crippen LogP contribution < -0.4 is 10.5 Å².